The van der Waals surface area contributed by atoms with E-state index in [4.69, 9.17) is 42.9 Å². The van der Waals surface area contributed by atoms with Crippen LogP contribution in [-0.4, -0.2) is 62.4 Å². The van der Waals surface area contributed by atoms with E-state index in [9.17, 15) is 14.7 Å². The molecule has 1 aromatic heterocycles. The summed E-state index contributed by atoms with van der Waals surface area (Å²) in [5.41, 5.74) is -0.331. The van der Waals surface area contributed by atoms with Gasteiger partial charge in [0.2, 0.25) is 5.88 Å². The molecule has 0 aliphatic carbocycles. The summed E-state index contributed by atoms with van der Waals surface area (Å²) in [4.78, 5) is 44.9. The van der Waals surface area contributed by atoms with Crippen LogP contribution in [0.25, 0.3) is 0 Å². The molecular weight excluding hydrogens is 613 g/mol. The normalized spacial score (nSPS) is 22.4. The maximum Gasteiger partial charge on any atom is 0.326 e. The first-order chi connectivity index (χ1) is 21.2. The minimum Gasteiger partial charge on any atom is -0.481 e. The fraction of sp³-hybridized carbons (Fsp3) is 0.441. The van der Waals surface area contributed by atoms with Gasteiger partial charge in [0.25, 0.3) is 0 Å². The van der Waals surface area contributed by atoms with E-state index in [0.29, 0.717) is 65.7 Å². The molecule has 9 nitrogen and oxygen atoms in total. The molecule has 3 heterocycles. The molecule has 2 aliphatic heterocycles. The minimum atomic E-state index is -1.09. The number of benzene rings is 2. The number of ether oxygens (including phenoxy) is 1. The molecule has 238 valence electrons. The summed E-state index contributed by atoms with van der Waals surface area (Å²) in [6.45, 7) is 12.9. The van der Waals surface area contributed by atoms with Crippen LogP contribution in [0.5, 0.6) is 5.88 Å². The monoisotopic (exact) mass is 651 g/mol. The highest BCUT2D eigenvalue weighted by Gasteiger charge is 2.60. The number of rotatable bonds is 6. The third kappa shape index (κ3) is 5.88. The van der Waals surface area contributed by atoms with Crippen LogP contribution < -0.4 is 4.74 Å². The third-order valence-electron chi connectivity index (χ3n) is 9.00. The zero-order valence-electron chi connectivity index (χ0n) is 26.5. The Morgan fingerprint density at radius 2 is 1.53 bits per heavy atom. The Bertz CT molecular complexity index is 1610. The first kappa shape index (κ1) is 32.7. The standard InChI is InChI=1S/C34H39Cl2N5O4/c1-7-45-28-26(20-37-30(38-28)32(2,3)4)27-39-33(5,22-8-12-24(35)13-9-22)34(6,23-10-14-25(36)15-11-23)41(27)31(44)40-18-16-21(17-19-40)29(42)43/h8-15,20-21H,7,16-19H2,1-6H3,(H,42,43). The number of urea groups is 1. The number of hydrogen-bond donors (Lipinski definition) is 1. The van der Waals surface area contributed by atoms with E-state index < -0.39 is 23.0 Å². The molecule has 5 rings (SSSR count). The van der Waals surface area contributed by atoms with Gasteiger partial charge in [0.15, 0.2) is 0 Å². The molecule has 0 saturated carbocycles. The summed E-state index contributed by atoms with van der Waals surface area (Å²) in [7, 11) is 0. The molecule has 0 radical (unpaired) electrons. The number of carboxylic acid groups (broad SMARTS) is 1. The number of aromatic nitrogens is 2. The van der Waals surface area contributed by atoms with Crippen molar-refractivity contribution >= 4 is 41.0 Å². The lowest BCUT2D eigenvalue weighted by Gasteiger charge is -2.47. The molecule has 1 N–H and O–H groups in total. The predicted molar refractivity (Wildman–Crippen MR) is 175 cm³/mol. The van der Waals surface area contributed by atoms with Crippen LogP contribution in [0.2, 0.25) is 10.0 Å². The Morgan fingerprint density at radius 1 is 0.978 bits per heavy atom. The molecular formula is C34H39Cl2N5O4. The number of aliphatic imine (C=N–C) groups is 1. The van der Waals surface area contributed by atoms with Gasteiger partial charge in [0, 0.05) is 34.7 Å². The number of likely N-dealkylation sites (tertiary alicyclic amines) is 1. The number of amides is 2. The molecule has 2 atom stereocenters. The smallest absolute Gasteiger partial charge is 0.326 e. The zero-order chi connectivity index (χ0) is 32.7. The number of hydrogen-bond acceptors (Lipinski definition) is 6. The Kier molecular flexibility index (Phi) is 8.90. The summed E-state index contributed by atoms with van der Waals surface area (Å²) >= 11 is 12.7. The van der Waals surface area contributed by atoms with E-state index in [-0.39, 0.29) is 11.4 Å². The average Bonchev–Trinajstić information content (AvgIpc) is 3.25. The molecule has 2 unspecified atom stereocenters. The Morgan fingerprint density at radius 3 is 2.04 bits per heavy atom. The van der Waals surface area contributed by atoms with Crippen LogP contribution >= 0.6 is 23.2 Å². The van der Waals surface area contributed by atoms with E-state index in [2.05, 4.69) is 0 Å². The van der Waals surface area contributed by atoms with Crippen molar-refractivity contribution in [2.45, 2.75) is 70.9 Å². The molecule has 1 saturated heterocycles. The molecule has 11 heteroatoms. The molecule has 0 spiro atoms. The van der Waals surface area contributed by atoms with Crippen molar-refractivity contribution in [1.82, 2.24) is 19.8 Å². The highest BCUT2D eigenvalue weighted by atomic mass is 35.5. The van der Waals surface area contributed by atoms with Gasteiger partial charge < -0.3 is 14.7 Å². The number of carboxylic acids is 1. The molecule has 2 amide bonds. The Labute approximate surface area is 274 Å². The van der Waals surface area contributed by atoms with E-state index in [0.717, 1.165) is 11.1 Å². The fourth-order valence-electron chi connectivity index (χ4n) is 6.15. The van der Waals surface area contributed by atoms with E-state index in [1.165, 1.54) is 0 Å². The number of halogens is 2. The SMILES string of the molecule is CCOc1nc(C(C)(C)C)ncc1C1=NC(C)(c2ccc(Cl)cc2)C(C)(c2ccc(Cl)cc2)N1C(=O)N1CCC(C(=O)O)CC1. The largest absolute Gasteiger partial charge is 0.481 e. The van der Waals surface area contributed by atoms with Crippen LogP contribution in [-0.2, 0) is 21.3 Å². The maximum absolute atomic E-state index is 14.9. The van der Waals surface area contributed by atoms with E-state index in [1.807, 2.05) is 77.9 Å². The molecule has 1 fully saturated rings. The first-order valence-corrected chi connectivity index (χ1v) is 15.9. The fourth-order valence-corrected chi connectivity index (χ4v) is 6.41. The highest BCUT2D eigenvalue weighted by molar-refractivity contribution is 6.30. The van der Waals surface area contributed by atoms with Crippen molar-refractivity contribution in [2.24, 2.45) is 10.9 Å². The molecule has 3 aromatic rings. The first-order valence-electron chi connectivity index (χ1n) is 15.1. The summed E-state index contributed by atoms with van der Waals surface area (Å²) < 4.78 is 6.09. The predicted octanol–water partition coefficient (Wildman–Crippen LogP) is 7.29. The van der Waals surface area contributed by atoms with Gasteiger partial charge in [-0.3, -0.25) is 14.7 Å². The van der Waals surface area contributed by atoms with Gasteiger partial charge in [-0.05, 0) is 69.0 Å². The maximum atomic E-state index is 14.9. The average molecular weight is 653 g/mol. The summed E-state index contributed by atoms with van der Waals surface area (Å²) in [6.07, 6.45) is 2.41. The van der Waals surface area contributed by atoms with Crippen molar-refractivity contribution in [3.05, 3.63) is 87.3 Å². The second kappa shape index (κ2) is 12.2. The van der Waals surface area contributed by atoms with Crippen molar-refractivity contribution in [3.63, 3.8) is 0 Å². The number of amidine groups is 1. The number of nitrogens with zero attached hydrogens (tertiary/aromatic N) is 5. The Balaban J connectivity index is 1.76. The molecule has 0 bridgehead atoms. The van der Waals surface area contributed by atoms with Gasteiger partial charge in [-0.15, -0.1) is 0 Å². The van der Waals surface area contributed by atoms with Crippen LogP contribution in [0, 0.1) is 5.92 Å². The van der Waals surface area contributed by atoms with Crippen molar-refractivity contribution < 1.29 is 19.4 Å². The van der Waals surface area contributed by atoms with Gasteiger partial charge in [0.05, 0.1) is 18.1 Å². The van der Waals surface area contributed by atoms with Crippen molar-refractivity contribution in [3.8, 4) is 5.88 Å². The van der Waals surface area contributed by atoms with Gasteiger partial charge in [-0.2, -0.15) is 4.98 Å². The highest BCUT2D eigenvalue weighted by Crippen LogP contribution is 2.54. The van der Waals surface area contributed by atoms with E-state index in [1.54, 1.807) is 28.1 Å². The lowest BCUT2D eigenvalue weighted by atomic mass is 9.71. The molecule has 45 heavy (non-hydrogen) atoms. The van der Waals surface area contributed by atoms with Gasteiger partial charge in [0.1, 0.15) is 22.7 Å². The zero-order valence-corrected chi connectivity index (χ0v) is 28.0. The second-order valence-corrected chi connectivity index (χ2v) is 13.8. The minimum absolute atomic E-state index is 0.296. The number of carbonyl (C=O) groups is 2. The second-order valence-electron chi connectivity index (χ2n) is 12.9. The van der Waals surface area contributed by atoms with Crippen LogP contribution in [0.4, 0.5) is 4.79 Å². The third-order valence-corrected chi connectivity index (χ3v) is 9.51. The Hall–Kier alpha value is -3.69. The van der Waals surface area contributed by atoms with Crippen LogP contribution in [0.1, 0.15) is 76.9 Å². The van der Waals surface area contributed by atoms with Gasteiger partial charge in [-0.1, -0.05) is 68.2 Å². The quantitative estimate of drug-likeness (QED) is 0.300. The number of piperidine rings is 1. The van der Waals surface area contributed by atoms with E-state index >= 15 is 0 Å². The van der Waals surface area contributed by atoms with Gasteiger partial charge >= 0.3 is 12.0 Å². The topological polar surface area (TPSA) is 108 Å². The summed E-state index contributed by atoms with van der Waals surface area (Å²) in [6, 6.07) is 14.6. The number of aliphatic carboxylic acids is 1. The lowest BCUT2D eigenvalue weighted by Crippen LogP contribution is -2.59. The molecule has 2 aromatic carbocycles. The lowest BCUT2D eigenvalue weighted by molar-refractivity contribution is -0.143. The van der Waals surface area contributed by atoms with Crippen LogP contribution in [0.15, 0.2) is 59.7 Å². The van der Waals surface area contributed by atoms with Crippen LogP contribution in [0.3, 0.4) is 0 Å². The summed E-state index contributed by atoms with van der Waals surface area (Å²) in [5.74, 6) is -0.0469. The summed E-state index contributed by atoms with van der Waals surface area (Å²) in [5, 5.41) is 10.8. The molecule has 2 aliphatic rings. The van der Waals surface area contributed by atoms with Crippen molar-refractivity contribution in [1.29, 1.82) is 0 Å². The van der Waals surface area contributed by atoms with Crippen molar-refractivity contribution in [2.75, 3.05) is 19.7 Å². The van der Waals surface area contributed by atoms with Gasteiger partial charge in [-0.25, -0.2) is 9.78 Å². The number of carbonyl (C=O) groups excluding carboxylic acids is 1.